The quantitative estimate of drug-likeness (QED) is 0.484. The van der Waals surface area contributed by atoms with Gasteiger partial charge in [0.05, 0.1) is 6.57 Å². The van der Waals surface area contributed by atoms with Gasteiger partial charge in [0, 0.05) is 0 Å². The third kappa shape index (κ3) is 2.97. The van der Waals surface area contributed by atoms with Crippen LogP contribution in [-0.2, 0) is 9.59 Å². The van der Waals surface area contributed by atoms with Gasteiger partial charge in [0.2, 0.25) is 0 Å². The van der Waals surface area contributed by atoms with Gasteiger partial charge in [-0.3, -0.25) is 20.2 Å². The van der Waals surface area contributed by atoms with Crippen molar-refractivity contribution in [3.05, 3.63) is 59.0 Å². The van der Waals surface area contributed by atoms with Crippen molar-refractivity contribution in [2.45, 2.75) is 0 Å². The van der Waals surface area contributed by atoms with Gasteiger partial charge in [-0.1, -0.05) is 36.4 Å². The molecule has 98 valence electrons. The third-order valence-corrected chi connectivity index (χ3v) is 2.52. The van der Waals surface area contributed by atoms with Crippen LogP contribution < -0.4 is 10.6 Å². The number of imide groups is 2. The van der Waals surface area contributed by atoms with Crippen LogP contribution in [-0.4, -0.2) is 17.8 Å². The van der Waals surface area contributed by atoms with Crippen LogP contribution in [0.4, 0.5) is 10.5 Å². The highest BCUT2D eigenvalue weighted by Crippen LogP contribution is 2.13. The number of benzene rings is 1. The molecular weight excluding hydrogens is 258 g/mol. The molecule has 0 aliphatic carbocycles. The molecule has 1 aromatic carbocycles. The Morgan fingerprint density at radius 3 is 2.15 bits per heavy atom. The fourth-order valence-corrected chi connectivity index (χ4v) is 1.54. The van der Waals surface area contributed by atoms with Gasteiger partial charge >= 0.3 is 6.03 Å². The number of barbiturate groups is 1. The monoisotopic (exact) mass is 267 g/mol. The van der Waals surface area contributed by atoms with E-state index >= 15 is 0 Å². The van der Waals surface area contributed by atoms with E-state index in [4.69, 9.17) is 6.57 Å². The number of allylic oxidation sites excluding steroid dienone is 2. The third-order valence-electron chi connectivity index (χ3n) is 2.52. The zero-order valence-electron chi connectivity index (χ0n) is 10.2. The summed E-state index contributed by atoms with van der Waals surface area (Å²) >= 11 is 0. The summed E-state index contributed by atoms with van der Waals surface area (Å²) in [5.41, 5.74) is 1.21. The number of nitrogens with one attached hydrogen (secondary N) is 2. The Hall–Kier alpha value is -3.20. The smallest absolute Gasteiger partial charge is 0.273 e. The fourth-order valence-electron chi connectivity index (χ4n) is 1.54. The fraction of sp³-hybridized carbons (Fsp3) is 0. The first-order valence-electron chi connectivity index (χ1n) is 5.62. The lowest BCUT2D eigenvalue weighted by Crippen LogP contribution is -2.51. The number of carbonyl (C=O) groups excluding carboxylic acids is 3. The molecule has 2 rings (SSSR count). The average Bonchev–Trinajstić information content (AvgIpc) is 2.42. The molecule has 0 saturated carbocycles. The molecule has 0 bridgehead atoms. The first-order valence-corrected chi connectivity index (χ1v) is 5.62. The number of hydrogen-bond donors (Lipinski definition) is 2. The number of amides is 4. The van der Waals surface area contributed by atoms with Crippen LogP contribution >= 0.6 is 0 Å². The molecule has 6 nitrogen and oxygen atoms in total. The van der Waals surface area contributed by atoms with Crippen molar-refractivity contribution in [1.82, 2.24) is 10.6 Å². The summed E-state index contributed by atoms with van der Waals surface area (Å²) in [4.78, 5) is 36.9. The van der Waals surface area contributed by atoms with Crippen LogP contribution in [0.5, 0.6) is 0 Å². The van der Waals surface area contributed by atoms with Gasteiger partial charge < -0.3 is 0 Å². The second-order valence-electron chi connectivity index (χ2n) is 3.88. The van der Waals surface area contributed by atoms with E-state index in [2.05, 4.69) is 4.85 Å². The molecule has 20 heavy (non-hydrogen) atoms. The lowest BCUT2D eigenvalue weighted by molar-refractivity contribution is -0.124. The summed E-state index contributed by atoms with van der Waals surface area (Å²) in [5.74, 6) is -1.46. The zero-order valence-corrected chi connectivity index (χ0v) is 10.2. The maximum atomic E-state index is 11.4. The minimum Gasteiger partial charge on any atom is -0.273 e. The van der Waals surface area contributed by atoms with Crippen LogP contribution in [0.3, 0.4) is 0 Å². The van der Waals surface area contributed by atoms with Gasteiger partial charge in [0.1, 0.15) is 5.57 Å². The van der Waals surface area contributed by atoms with Gasteiger partial charge in [0.15, 0.2) is 5.69 Å². The minimum absolute atomic E-state index is 0.140. The predicted molar refractivity (Wildman–Crippen MR) is 71.5 cm³/mol. The first-order chi connectivity index (χ1) is 9.60. The second kappa shape index (κ2) is 5.63. The zero-order chi connectivity index (χ0) is 14.5. The van der Waals surface area contributed by atoms with E-state index in [1.54, 1.807) is 30.3 Å². The lowest BCUT2D eigenvalue weighted by Gasteiger charge is -2.12. The summed E-state index contributed by atoms with van der Waals surface area (Å²) in [6.07, 6.45) is 4.52. The summed E-state index contributed by atoms with van der Waals surface area (Å²) in [6.45, 7) is 6.83. The van der Waals surface area contributed by atoms with E-state index < -0.39 is 17.8 Å². The molecule has 0 radical (unpaired) electrons. The van der Waals surface area contributed by atoms with Crippen LogP contribution in [0, 0.1) is 6.57 Å². The number of nitrogens with zero attached hydrogens (tertiary/aromatic N) is 1. The summed E-state index contributed by atoms with van der Waals surface area (Å²) in [5, 5.41) is 3.96. The van der Waals surface area contributed by atoms with Gasteiger partial charge in [-0.05, 0) is 11.6 Å². The second-order valence-corrected chi connectivity index (χ2v) is 3.88. The molecule has 0 aromatic heterocycles. The Balaban J connectivity index is 2.13. The SMILES string of the molecule is [C-]#[N+]c1ccc(/C=C/C=C2C(=O)NC(=O)NC2=O)cc1. The maximum Gasteiger partial charge on any atom is 0.328 e. The van der Waals surface area contributed by atoms with Crippen LogP contribution in [0.1, 0.15) is 5.56 Å². The highest BCUT2D eigenvalue weighted by molar-refractivity contribution is 6.29. The topological polar surface area (TPSA) is 79.6 Å². The van der Waals surface area contributed by atoms with E-state index in [1.807, 2.05) is 10.6 Å². The van der Waals surface area contributed by atoms with Crippen molar-refractivity contribution in [3.63, 3.8) is 0 Å². The van der Waals surface area contributed by atoms with E-state index in [0.717, 1.165) is 5.56 Å². The maximum absolute atomic E-state index is 11.4. The molecule has 1 heterocycles. The molecule has 1 aliphatic rings. The highest BCUT2D eigenvalue weighted by Gasteiger charge is 2.26. The van der Waals surface area contributed by atoms with Crippen LogP contribution in [0.15, 0.2) is 42.0 Å². The number of rotatable bonds is 2. The molecule has 1 saturated heterocycles. The van der Waals surface area contributed by atoms with Crippen LogP contribution in [0.25, 0.3) is 10.9 Å². The van der Waals surface area contributed by atoms with Crippen LogP contribution in [0.2, 0.25) is 0 Å². The molecule has 1 aromatic rings. The molecule has 4 amide bonds. The molecule has 0 atom stereocenters. The Labute approximate surface area is 114 Å². The van der Waals surface area contributed by atoms with Gasteiger partial charge in [0.25, 0.3) is 11.8 Å². The Morgan fingerprint density at radius 2 is 1.60 bits per heavy atom. The standard InChI is InChI=1S/C14H9N3O3/c1-15-10-7-5-9(6-8-10)3-2-4-11-12(18)16-14(20)17-13(11)19/h2-8H,(H2,16,17,18,19,20)/b3-2+. The molecule has 2 N–H and O–H groups in total. The summed E-state index contributed by atoms with van der Waals surface area (Å²) < 4.78 is 0. The van der Waals surface area contributed by atoms with Crippen molar-refractivity contribution in [2.24, 2.45) is 0 Å². The van der Waals surface area contributed by atoms with E-state index in [-0.39, 0.29) is 5.57 Å². The first kappa shape index (κ1) is 13.2. The van der Waals surface area contributed by atoms with Gasteiger partial charge in [-0.25, -0.2) is 9.64 Å². The molecule has 0 unspecified atom stereocenters. The van der Waals surface area contributed by atoms with Crippen molar-refractivity contribution in [1.29, 1.82) is 0 Å². The average molecular weight is 267 g/mol. The van der Waals surface area contributed by atoms with Crippen molar-refractivity contribution >= 4 is 29.6 Å². The molecule has 6 heteroatoms. The van der Waals surface area contributed by atoms with Crippen molar-refractivity contribution in [2.75, 3.05) is 0 Å². The minimum atomic E-state index is -0.823. The highest BCUT2D eigenvalue weighted by atomic mass is 16.2. The Morgan fingerprint density at radius 1 is 1.00 bits per heavy atom. The summed E-state index contributed by atoms with van der Waals surface area (Å²) in [6, 6.07) is 5.99. The molecular formula is C14H9N3O3. The number of hydrogen-bond acceptors (Lipinski definition) is 3. The van der Waals surface area contributed by atoms with E-state index in [9.17, 15) is 14.4 Å². The van der Waals surface area contributed by atoms with E-state index in [1.165, 1.54) is 12.2 Å². The van der Waals surface area contributed by atoms with Gasteiger partial charge in [-0.2, -0.15) is 0 Å². The molecule has 0 spiro atoms. The number of urea groups is 1. The number of carbonyl (C=O) groups is 3. The van der Waals surface area contributed by atoms with Gasteiger partial charge in [-0.15, -0.1) is 0 Å². The Bertz CT molecular complexity index is 657. The lowest BCUT2D eigenvalue weighted by atomic mass is 10.1. The largest absolute Gasteiger partial charge is 0.328 e. The van der Waals surface area contributed by atoms with Crippen molar-refractivity contribution < 1.29 is 14.4 Å². The molecule has 1 aliphatic heterocycles. The van der Waals surface area contributed by atoms with Crippen molar-refractivity contribution in [3.8, 4) is 0 Å². The van der Waals surface area contributed by atoms with E-state index in [0.29, 0.717) is 5.69 Å². The summed E-state index contributed by atoms with van der Waals surface area (Å²) in [7, 11) is 0. The normalized spacial score (nSPS) is 14.8. The predicted octanol–water partition coefficient (Wildman–Crippen LogP) is 1.54. The Kier molecular flexibility index (Phi) is 3.72. The molecule has 1 fully saturated rings.